The number of hydrogen-bond donors (Lipinski definition) is 0. The molecule has 1 aliphatic heterocycles. The Morgan fingerprint density at radius 2 is 2.36 bits per heavy atom. The summed E-state index contributed by atoms with van der Waals surface area (Å²) in [6.07, 6.45) is 4.65. The van der Waals surface area contributed by atoms with E-state index in [0.29, 0.717) is 12.5 Å². The average molecular weight is 207 g/mol. The molecule has 0 N–H and O–H groups in total. The van der Waals surface area contributed by atoms with Crippen LogP contribution in [0.5, 0.6) is 0 Å². The van der Waals surface area contributed by atoms with Gasteiger partial charge in [-0.25, -0.2) is 0 Å². The molecule has 0 radical (unpaired) electrons. The molecule has 0 aromatic carbocycles. The molecule has 1 fully saturated rings. The molecule has 74 valence electrons. The number of nitriles is 1. The van der Waals surface area contributed by atoms with E-state index in [9.17, 15) is 0 Å². The van der Waals surface area contributed by atoms with E-state index in [-0.39, 0.29) is 0 Å². The van der Waals surface area contributed by atoms with Crippen molar-refractivity contribution < 1.29 is 0 Å². The van der Waals surface area contributed by atoms with E-state index >= 15 is 0 Å². The molecule has 0 aliphatic carbocycles. The highest BCUT2D eigenvalue weighted by Crippen LogP contribution is 2.27. The first-order chi connectivity index (χ1) is 6.92. The molecule has 1 aliphatic rings. The van der Waals surface area contributed by atoms with Crippen molar-refractivity contribution in [2.45, 2.75) is 25.3 Å². The van der Waals surface area contributed by atoms with Gasteiger partial charge in [0.25, 0.3) is 0 Å². The van der Waals surface area contributed by atoms with Crippen LogP contribution in [0.4, 0.5) is 0 Å². The fourth-order valence-electron chi connectivity index (χ4n) is 1.82. The Hall–Kier alpha value is -0.950. The maximum atomic E-state index is 8.67. The Morgan fingerprint density at radius 3 is 3.07 bits per heavy atom. The lowest BCUT2D eigenvalue weighted by Gasteiger charge is -2.23. The van der Waals surface area contributed by atoms with Crippen LogP contribution in [0.15, 0.2) is 12.3 Å². The third-order valence-corrected chi connectivity index (χ3v) is 3.60. The number of rotatable bonds is 2. The van der Waals surface area contributed by atoms with Crippen molar-refractivity contribution in [2.24, 2.45) is 0 Å². The SMILES string of the molecule is N#CCc1ccnn1C1CCSCC1. The van der Waals surface area contributed by atoms with E-state index < -0.39 is 0 Å². The van der Waals surface area contributed by atoms with Crippen molar-refractivity contribution in [3.05, 3.63) is 18.0 Å². The van der Waals surface area contributed by atoms with Crippen LogP contribution in [0.25, 0.3) is 0 Å². The molecule has 2 rings (SSSR count). The Kier molecular flexibility index (Phi) is 3.10. The van der Waals surface area contributed by atoms with Gasteiger partial charge in [-0.3, -0.25) is 4.68 Å². The summed E-state index contributed by atoms with van der Waals surface area (Å²) in [6, 6.07) is 4.66. The van der Waals surface area contributed by atoms with E-state index in [1.165, 1.54) is 24.3 Å². The summed E-state index contributed by atoms with van der Waals surface area (Å²) < 4.78 is 2.04. The molecule has 0 unspecified atom stereocenters. The second-order valence-electron chi connectivity index (χ2n) is 3.45. The zero-order chi connectivity index (χ0) is 9.80. The molecule has 0 spiro atoms. The minimum absolute atomic E-state index is 0.476. The molecule has 0 saturated carbocycles. The molecule has 0 amide bonds. The monoisotopic (exact) mass is 207 g/mol. The van der Waals surface area contributed by atoms with Gasteiger partial charge in [0, 0.05) is 6.20 Å². The fraction of sp³-hybridized carbons (Fsp3) is 0.600. The standard InChI is InChI=1S/C10H13N3S/c11-5-1-9-2-6-12-13(9)10-3-7-14-8-4-10/h2,6,10H,1,3-4,7-8H2. The van der Waals surface area contributed by atoms with Crippen LogP contribution in [0.2, 0.25) is 0 Å². The molecular formula is C10H13N3S. The van der Waals surface area contributed by atoms with Gasteiger partial charge in [-0.05, 0) is 30.4 Å². The Labute approximate surface area is 88.1 Å². The normalized spacial score (nSPS) is 17.9. The molecule has 4 heteroatoms. The van der Waals surface area contributed by atoms with Gasteiger partial charge >= 0.3 is 0 Å². The molecule has 1 aromatic rings. The van der Waals surface area contributed by atoms with E-state index in [1.54, 1.807) is 6.20 Å². The van der Waals surface area contributed by atoms with Crippen LogP contribution in [0.3, 0.4) is 0 Å². The first-order valence-corrected chi connectivity index (χ1v) is 6.04. The first kappa shape index (κ1) is 9.60. The van der Waals surface area contributed by atoms with Crippen molar-refractivity contribution in [3.8, 4) is 6.07 Å². The maximum Gasteiger partial charge on any atom is 0.0771 e. The molecule has 1 saturated heterocycles. The van der Waals surface area contributed by atoms with E-state index in [2.05, 4.69) is 11.2 Å². The third kappa shape index (κ3) is 1.93. The van der Waals surface area contributed by atoms with Gasteiger partial charge in [0.1, 0.15) is 0 Å². The maximum absolute atomic E-state index is 8.67. The highest BCUT2D eigenvalue weighted by Gasteiger charge is 2.17. The van der Waals surface area contributed by atoms with Crippen LogP contribution >= 0.6 is 11.8 Å². The van der Waals surface area contributed by atoms with Crippen LogP contribution < -0.4 is 0 Å². The van der Waals surface area contributed by atoms with Gasteiger partial charge in [-0.2, -0.15) is 22.1 Å². The van der Waals surface area contributed by atoms with Gasteiger partial charge < -0.3 is 0 Å². The Balaban J connectivity index is 2.13. The van der Waals surface area contributed by atoms with Crippen molar-refractivity contribution in [2.75, 3.05) is 11.5 Å². The van der Waals surface area contributed by atoms with E-state index in [4.69, 9.17) is 5.26 Å². The lowest BCUT2D eigenvalue weighted by atomic mass is 10.1. The smallest absolute Gasteiger partial charge is 0.0771 e. The zero-order valence-corrected chi connectivity index (χ0v) is 8.83. The topological polar surface area (TPSA) is 41.6 Å². The van der Waals surface area contributed by atoms with Crippen LogP contribution in [-0.4, -0.2) is 21.3 Å². The number of aromatic nitrogens is 2. The zero-order valence-electron chi connectivity index (χ0n) is 8.02. The number of thioether (sulfide) groups is 1. The molecule has 0 atom stereocenters. The van der Waals surface area contributed by atoms with Crippen molar-refractivity contribution in [3.63, 3.8) is 0 Å². The number of hydrogen-bond acceptors (Lipinski definition) is 3. The first-order valence-electron chi connectivity index (χ1n) is 4.89. The predicted molar refractivity (Wildman–Crippen MR) is 57.1 cm³/mol. The van der Waals surface area contributed by atoms with Gasteiger partial charge in [0.15, 0.2) is 0 Å². The molecule has 2 heterocycles. The predicted octanol–water partition coefficient (Wildman–Crippen LogP) is 2.02. The van der Waals surface area contributed by atoms with E-state index in [1.807, 2.05) is 22.5 Å². The van der Waals surface area contributed by atoms with Crippen molar-refractivity contribution in [1.82, 2.24) is 9.78 Å². The molecule has 0 bridgehead atoms. The highest BCUT2D eigenvalue weighted by atomic mass is 32.2. The lowest BCUT2D eigenvalue weighted by Crippen LogP contribution is -2.18. The van der Waals surface area contributed by atoms with Crippen LogP contribution in [0, 0.1) is 11.3 Å². The van der Waals surface area contributed by atoms with Crippen LogP contribution in [0.1, 0.15) is 24.6 Å². The summed E-state index contributed by atoms with van der Waals surface area (Å²) in [6.45, 7) is 0. The molecule has 14 heavy (non-hydrogen) atoms. The van der Waals surface area contributed by atoms with E-state index in [0.717, 1.165) is 5.69 Å². The highest BCUT2D eigenvalue weighted by molar-refractivity contribution is 7.99. The minimum Gasteiger partial charge on any atom is -0.265 e. The second kappa shape index (κ2) is 4.52. The van der Waals surface area contributed by atoms with Gasteiger partial charge in [-0.15, -0.1) is 0 Å². The molecule has 1 aromatic heterocycles. The summed E-state index contributed by atoms with van der Waals surface area (Å²) in [5, 5.41) is 13.0. The largest absolute Gasteiger partial charge is 0.265 e. The average Bonchev–Trinajstić information content (AvgIpc) is 2.68. The minimum atomic E-state index is 0.476. The molecular weight excluding hydrogens is 194 g/mol. The van der Waals surface area contributed by atoms with Gasteiger partial charge in [0.05, 0.1) is 24.2 Å². The van der Waals surface area contributed by atoms with Crippen LogP contribution in [-0.2, 0) is 6.42 Å². The van der Waals surface area contributed by atoms with Crippen molar-refractivity contribution in [1.29, 1.82) is 5.26 Å². The summed E-state index contributed by atoms with van der Waals surface area (Å²) >= 11 is 2.01. The summed E-state index contributed by atoms with van der Waals surface area (Å²) in [7, 11) is 0. The molecule has 3 nitrogen and oxygen atoms in total. The third-order valence-electron chi connectivity index (χ3n) is 2.55. The Morgan fingerprint density at radius 1 is 1.57 bits per heavy atom. The number of nitrogens with zero attached hydrogens (tertiary/aromatic N) is 3. The summed E-state index contributed by atoms with van der Waals surface area (Å²) in [5.74, 6) is 2.44. The lowest BCUT2D eigenvalue weighted by molar-refractivity contribution is 0.416. The quantitative estimate of drug-likeness (QED) is 0.745. The van der Waals surface area contributed by atoms with Gasteiger partial charge in [0.2, 0.25) is 0 Å². The van der Waals surface area contributed by atoms with Gasteiger partial charge in [-0.1, -0.05) is 0 Å². The van der Waals surface area contributed by atoms with Crippen molar-refractivity contribution >= 4 is 11.8 Å². The fourth-order valence-corrected chi connectivity index (χ4v) is 2.90. The second-order valence-corrected chi connectivity index (χ2v) is 4.67. The summed E-state index contributed by atoms with van der Waals surface area (Å²) in [4.78, 5) is 0. The summed E-state index contributed by atoms with van der Waals surface area (Å²) in [5.41, 5.74) is 1.06. The Bertz CT molecular complexity index is 333.